The Morgan fingerprint density at radius 2 is 0.264 bits per heavy atom. The highest BCUT2D eigenvalue weighted by Gasteiger charge is 2.46. The van der Waals surface area contributed by atoms with Crippen LogP contribution >= 0.6 is 0 Å². The summed E-state index contributed by atoms with van der Waals surface area (Å²) in [4.78, 5) is 4.92. The minimum atomic E-state index is -2.88. The molecule has 0 saturated heterocycles. The Labute approximate surface area is 848 Å². The number of rotatable bonds is 26. The van der Waals surface area contributed by atoms with Crippen molar-refractivity contribution in [1.82, 2.24) is 0 Å². The smallest absolute Gasteiger partial charge is 0.179 e. The normalized spacial score (nSPS) is 11.8. The van der Waals surface area contributed by atoms with Gasteiger partial charge in [0.1, 0.15) is 0 Å². The molecule has 144 heavy (non-hydrogen) atoms. The van der Waals surface area contributed by atoms with E-state index in [1.54, 1.807) is 0 Å². The van der Waals surface area contributed by atoms with Gasteiger partial charge in [-0.25, -0.2) is 0 Å². The van der Waals surface area contributed by atoms with Crippen molar-refractivity contribution in [3.05, 3.63) is 619 Å². The lowest BCUT2D eigenvalue weighted by molar-refractivity contribution is 1.28. The summed E-state index contributed by atoms with van der Waals surface area (Å²) in [5.41, 5.74) is 15.5. The molecule has 0 bridgehead atoms. The van der Waals surface area contributed by atoms with Crippen LogP contribution in [0.1, 0.15) is 0 Å². The summed E-state index contributed by atoms with van der Waals surface area (Å²) in [6, 6.07) is 233. The Kier molecular flexibility index (Phi) is 24.3. The van der Waals surface area contributed by atoms with E-state index in [1.165, 1.54) is 126 Å². The first-order valence-electron chi connectivity index (χ1n) is 49.9. The first-order valence-corrected chi connectivity index (χ1v) is 57.9. The van der Waals surface area contributed by atoms with E-state index in [2.05, 4.69) is 629 Å². The topological polar surface area (TPSA) is 6.48 Å². The van der Waals surface area contributed by atoms with E-state index in [0.717, 1.165) is 67.5 Å². The van der Waals surface area contributed by atoms with Crippen LogP contribution in [0.2, 0.25) is 0 Å². The molecule has 24 aromatic carbocycles. The van der Waals surface area contributed by atoms with Crippen molar-refractivity contribution in [3.63, 3.8) is 0 Å². The molecule has 0 spiro atoms. The zero-order valence-electron chi connectivity index (χ0n) is 79.8. The fourth-order valence-corrected chi connectivity index (χ4v) is 42.3. The van der Waals surface area contributed by atoms with Crippen molar-refractivity contribution in [3.8, 4) is 44.5 Å². The Morgan fingerprint density at radius 3 is 0.472 bits per heavy atom. The molecule has 680 valence electrons. The molecule has 6 heteroatoms. The molecule has 0 unspecified atom stereocenters. The van der Waals surface area contributed by atoms with Crippen LogP contribution in [0.3, 0.4) is 0 Å². The summed E-state index contributed by atoms with van der Waals surface area (Å²) in [6.45, 7) is 0. The van der Waals surface area contributed by atoms with Gasteiger partial charge in [0.15, 0.2) is 32.3 Å². The van der Waals surface area contributed by atoms with Crippen molar-refractivity contribution in [2.24, 2.45) is 0 Å². The summed E-state index contributed by atoms with van der Waals surface area (Å²) in [5.74, 6) is 0. The summed E-state index contributed by atoms with van der Waals surface area (Å²) in [5, 5.41) is 28.6. The molecule has 0 aliphatic rings. The third kappa shape index (κ3) is 16.0. The van der Waals surface area contributed by atoms with E-state index in [0.29, 0.717) is 0 Å². The number of benzene rings is 24. The minimum absolute atomic E-state index is 1.05. The van der Waals surface area contributed by atoms with Crippen LogP contribution in [0.5, 0.6) is 0 Å². The van der Waals surface area contributed by atoms with Gasteiger partial charge in [-0.2, -0.15) is 0 Å². The maximum atomic E-state index is 2.47. The Balaban J connectivity index is 0.612. The molecule has 0 saturated carbocycles. The average molecular weight is 1900 g/mol. The SMILES string of the molecule is c1ccc([Si](c2ccccc2)(c2ccccc2)c2ccc(-c3cccc(N(c4ccc(-c5cc6c7ccccc7c(-c7ccc(N(c8ccc([Si](c9ccccc9)(c9ccccc9)c9ccccc9)cc8)c8cccc(-c9ccc([Si](c%10ccccc%10)(c%10ccccc%10)c%10ccccc%10)cc9)c8)cc7)cc6c6ccccc56)cc4)c4ccc([Si](c5ccccc5)(c5ccccc5)c5ccccc5)cc4)c3)cc2)cc1. The molecule has 0 heterocycles. The molecule has 0 N–H and O–H groups in total. The zero-order chi connectivity index (χ0) is 96.1. The standard InChI is InChI=1S/C138H102N2Si4/c1-13-47-115(48-14-1)141(116-49-15-2-16-50-116,117-51-17-3-18-52-117)127-91-79-103(80-92-127)107-43-41-45-113(99-107)139(111-87-95-129(96-88-111)143(121-59-25-7-26-60-121,122-61-27-8-28-62-122)123-63-29-9-30-64-123)109-83-75-105(76-84-109)135-101-137-134-74-40-38-72-132(134)136(102-138(137)133-73-39-37-71-131(133)135)106-77-85-110(86-78-106)140(112-89-97-130(98-90-112)144(124-65-31-10-32-66-124,125-67-33-11-34-68-125)126-69-35-12-36-70-126)114-46-42-44-108(100-114)104-81-93-128(94-82-104)142(118-53-19-4-20-54-118,119-55-21-5-22-56-119)120-57-23-6-24-58-120/h1-102H. The molecule has 0 fully saturated rings. The highest BCUT2D eigenvalue weighted by atomic mass is 28.3. The van der Waals surface area contributed by atoms with Crippen molar-refractivity contribution in [2.75, 3.05) is 9.80 Å². The molecule has 0 atom stereocenters. The van der Waals surface area contributed by atoms with Crippen LogP contribution in [-0.4, -0.2) is 32.3 Å². The molecule has 2 nitrogen and oxygen atoms in total. The monoisotopic (exact) mass is 1900 g/mol. The second-order valence-corrected chi connectivity index (χ2v) is 52.8. The lowest BCUT2D eigenvalue weighted by Gasteiger charge is -2.35. The van der Waals surface area contributed by atoms with Crippen molar-refractivity contribution >= 4 is 182 Å². The number of fused-ring (bicyclic) bond motifs is 5. The van der Waals surface area contributed by atoms with Crippen molar-refractivity contribution in [2.45, 2.75) is 0 Å². The molecule has 0 aliphatic carbocycles. The van der Waals surface area contributed by atoms with Crippen LogP contribution in [-0.2, 0) is 0 Å². The Bertz CT molecular complexity index is 7670. The number of hydrogen-bond acceptors (Lipinski definition) is 2. The van der Waals surface area contributed by atoms with Crippen LogP contribution in [0.4, 0.5) is 34.1 Å². The minimum Gasteiger partial charge on any atom is -0.310 e. The zero-order valence-corrected chi connectivity index (χ0v) is 83.8. The van der Waals surface area contributed by atoms with E-state index < -0.39 is 32.3 Å². The highest BCUT2D eigenvalue weighted by Crippen LogP contribution is 2.46. The van der Waals surface area contributed by atoms with Crippen LogP contribution in [0, 0.1) is 0 Å². The summed E-state index contributed by atoms with van der Waals surface area (Å²) in [6.07, 6.45) is 0. The first kappa shape index (κ1) is 89.2. The van der Waals surface area contributed by atoms with Gasteiger partial charge in [0, 0.05) is 34.1 Å². The Hall–Kier alpha value is -17.5. The van der Waals surface area contributed by atoms with Gasteiger partial charge in [0.05, 0.1) is 0 Å². The quantitative estimate of drug-likeness (QED) is 0.0303. The van der Waals surface area contributed by atoms with Crippen LogP contribution in [0.15, 0.2) is 619 Å². The third-order valence-electron chi connectivity index (χ3n) is 29.9. The molecule has 0 aromatic heterocycles. The predicted octanol–water partition coefficient (Wildman–Crippen LogP) is 24.3. The molecular formula is C138H102N2Si4. The highest BCUT2D eigenvalue weighted by molar-refractivity contribution is 7.22. The molecule has 0 aliphatic heterocycles. The summed E-state index contributed by atoms with van der Waals surface area (Å²) in [7, 11) is -11.3. The molecule has 24 aromatic rings. The van der Waals surface area contributed by atoms with E-state index in [-0.39, 0.29) is 0 Å². The van der Waals surface area contributed by atoms with Gasteiger partial charge in [-0.1, -0.05) is 534 Å². The fraction of sp³-hybridized carbons (Fsp3) is 0. The van der Waals surface area contributed by atoms with Crippen molar-refractivity contribution in [1.29, 1.82) is 0 Å². The average Bonchev–Trinajstić information content (AvgIpc) is 0.748. The third-order valence-corrected chi connectivity index (χ3v) is 49.1. The van der Waals surface area contributed by atoms with E-state index in [1.807, 2.05) is 0 Å². The first-order chi connectivity index (χ1) is 71.4. The van der Waals surface area contributed by atoms with Crippen LogP contribution in [0.25, 0.3) is 76.8 Å². The van der Waals surface area contributed by atoms with Gasteiger partial charge in [-0.3, -0.25) is 0 Å². The second kappa shape index (κ2) is 39.3. The molecule has 0 radical (unpaired) electrons. The molecular weight excluding hydrogens is 1800 g/mol. The van der Waals surface area contributed by atoms with Crippen molar-refractivity contribution < 1.29 is 0 Å². The van der Waals surface area contributed by atoms with Gasteiger partial charge in [-0.05, 0) is 245 Å². The number of anilines is 6. The lowest BCUT2D eigenvalue weighted by Crippen LogP contribution is -2.74. The van der Waals surface area contributed by atoms with Gasteiger partial charge in [0.25, 0.3) is 0 Å². The van der Waals surface area contributed by atoms with Gasteiger partial charge >= 0.3 is 0 Å². The maximum Gasteiger partial charge on any atom is 0.179 e. The summed E-state index contributed by atoms with van der Waals surface area (Å²) < 4.78 is 0. The van der Waals surface area contributed by atoms with Crippen LogP contribution < -0.4 is 92.8 Å². The lowest BCUT2D eigenvalue weighted by atomic mass is 9.87. The van der Waals surface area contributed by atoms with E-state index in [4.69, 9.17) is 0 Å². The molecule has 24 rings (SSSR count). The maximum absolute atomic E-state index is 2.88. The van der Waals surface area contributed by atoms with Gasteiger partial charge in [-0.15, -0.1) is 0 Å². The summed E-state index contributed by atoms with van der Waals surface area (Å²) >= 11 is 0. The predicted molar refractivity (Wildman–Crippen MR) is 625 cm³/mol. The second-order valence-electron chi connectivity index (χ2n) is 37.5. The van der Waals surface area contributed by atoms with Gasteiger partial charge in [0.2, 0.25) is 0 Å². The van der Waals surface area contributed by atoms with E-state index in [9.17, 15) is 0 Å². The van der Waals surface area contributed by atoms with E-state index >= 15 is 0 Å². The number of hydrogen-bond donors (Lipinski definition) is 0. The Morgan fingerprint density at radius 1 is 0.0972 bits per heavy atom. The van der Waals surface area contributed by atoms with Gasteiger partial charge < -0.3 is 9.80 Å². The number of nitrogens with zero attached hydrogens (tertiary/aromatic N) is 2. The largest absolute Gasteiger partial charge is 0.310 e. The fourth-order valence-electron chi connectivity index (χ4n) is 23.4. The molecule has 0 amide bonds.